The lowest BCUT2D eigenvalue weighted by atomic mass is 10.1. The molecule has 0 amide bonds. The summed E-state index contributed by atoms with van der Waals surface area (Å²) < 4.78 is 2.04. The lowest BCUT2D eigenvalue weighted by molar-refractivity contribution is 0.933. The summed E-state index contributed by atoms with van der Waals surface area (Å²) in [5, 5.41) is 3.58. The van der Waals surface area contributed by atoms with Crippen LogP contribution in [0.2, 0.25) is 0 Å². The molecule has 0 unspecified atom stereocenters. The molecule has 0 aliphatic heterocycles. The number of nitrogens with one attached hydrogen (secondary N) is 1. The minimum absolute atomic E-state index is 0.596. The summed E-state index contributed by atoms with van der Waals surface area (Å²) in [4.78, 5) is 18.1. The van der Waals surface area contributed by atoms with Crippen LogP contribution in [0.15, 0.2) is 109 Å². The molecule has 3 aromatic heterocycles. The van der Waals surface area contributed by atoms with Crippen LogP contribution in [0.25, 0.3) is 61.4 Å². The van der Waals surface area contributed by atoms with Gasteiger partial charge in [0.2, 0.25) is 5.95 Å². The fraction of sp³-hybridized carbons (Fsp3) is 0. The van der Waals surface area contributed by atoms with Crippen molar-refractivity contribution in [3.63, 3.8) is 0 Å². The minimum atomic E-state index is 0.596. The highest BCUT2D eigenvalue weighted by Crippen LogP contribution is 2.32. The Morgan fingerprint density at radius 1 is 0.529 bits per heavy atom. The van der Waals surface area contributed by atoms with Crippen molar-refractivity contribution in [3.8, 4) is 28.7 Å². The summed E-state index contributed by atoms with van der Waals surface area (Å²) in [5.41, 5.74) is 5.22. The largest absolute Gasteiger partial charge is 0.354 e. The monoisotopic (exact) mass is 437 g/mol. The van der Waals surface area contributed by atoms with Crippen LogP contribution < -0.4 is 0 Å². The number of benzene rings is 4. The van der Waals surface area contributed by atoms with Crippen molar-refractivity contribution in [3.05, 3.63) is 109 Å². The Morgan fingerprint density at radius 3 is 1.88 bits per heavy atom. The molecule has 5 heteroatoms. The number of hydrogen-bond donors (Lipinski definition) is 1. The van der Waals surface area contributed by atoms with Crippen molar-refractivity contribution in [1.29, 1.82) is 0 Å². The van der Waals surface area contributed by atoms with Gasteiger partial charge >= 0.3 is 0 Å². The fourth-order valence-electron chi connectivity index (χ4n) is 4.62. The van der Waals surface area contributed by atoms with Crippen LogP contribution >= 0.6 is 0 Å². The maximum absolute atomic E-state index is 4.88. The predicted molar refractivity (Wildman–Crippen MR) is 137 cm³/mol. The molecule has 5 nitrogen and oxygen atoms in total. The lowest BCUT2D eigenvalue weighted by Gasteiger charge is -2.09. The fourth-order valence-corrected chi connectivity index (χ4v) is 4.62. The van der Waals surface area contributed by atoms with E-state index in [4.69, 9.17) is 15.0 Å². The van der Waals surface area contributed by atoms with Crippen LogP contribution in [0.4, 0.5) is 0 Å². The molecule has 34 heavy (non-hydrogen) atoms. The molecule has 4 aromatic carbocycles. The van der Waals surface area contributed by atoms with Crippen LogP contribution in [0.3, 0.4) is 0 Å². The lowest BCUT2D eigenvalue weighted by Crippen LogP contribution is -2.05. The number of fused-ring (bicyclic) bond motifs is 5. The summed E-state index contributed by atoms with van der Waals surface area (Å²) >= 11 is 0. The van der Waals surface area contributed by atoms with Gasteiger partial charge in [0.25, 0.3) is 0 Å². The summed E-state index contributed by atoms with van der Waals surface area (Å²) in [6.07, 6.45) is 2.04. The Hall–Kier alpha value is -4.77. The summed E-state index contributed by atoms with van der Waals surface area (Å²) in [7, 11) is 0. The van der Waals surface area contributed by atoms with Gasteiger partial charge in [-0.25, -0.2) is 4.98 Å². The summed E-state index contributed by atoms with van der Waals surface area (Å²) in [6.45, 7) is 0. The average Bonchev–Trinajstić information content (AvgIpc) is 3.51. The first-order valence-corrected chi connectivity index (χ1v) is 11.2. The van der Waals surface area contributed by atoms with E-state index in [1.807, 2.05) is 71.4 Å². The van der Waals surface area contributed by atoms with Crippen molar-refractivity contribution in [2.45, 2.75) is 0 Å². The number of aromatic nitrogens is 5. The van der Waals surface area contributed by atoms with E-state index in [1.165, 1.54) is 10.8 Å². The highest BCUT2D eigenvalue weighted by atomic mass is 15.2. The van der Waals surface area contributed by atoms with Crippen LogP contribution in [0.1, 0.15) is 0 Å². The third kappa shape index (κ3) is 2.91. The van der Waals surface area contributed by atoms with E-state index < -0.39 is 0 Å². The maximum atomic E-state index is 4.88. The maximum Gasteiger partial charge on any atom is 0.238 e. The molecule has 7 aromatic rings. The molecule has 0 spiro atoms. The van der Waals surface area contributed by atoms with Crippen LogP contribution in [-0.4, -0.2) is 24.5 Å². The third-order valence-electron chi connectivity index (χ3n) is 6.25. The minimum Gasteiger partial charge on any atom is -0.354 e. The standard InChI is InChI=1S/C29H19N5/c1-3-9-19(10-4-1)27-31-28(20-11-5-2-6-12-20)33-29(32-27)34-18-17-23-25(34)16-15-22-21-13-7-8-14-24(21)30-26(22)23/h1-18,30H. The first-order chi connectivity index (χ1) is 16.8. The zero-order chi connectivity index (χ0) is 22.5. The molecule has 0 aliphatic carbocycles. The van der Waals surface area contributed by atoms with Gasteiger partial charge in [0.05, 0.1) is 11.0 Å². The van der Waals surface area contributed by atoms with Gasteiger partial charge in [0.15, 0.2) is 11.6 Å². The molecule has 0 fully saturated rings. The van der Waals surface area contributed by atoms with Gasteiger partial charge in [0, 0.05) is 39.0 Å². The van der Waals surface area contributed by atoms with Gasteiger partial charge in [-0.2, -0.15) is 9.97 Å². The average molecular weight is 438 g/mol. The second-order valence-electron chi connectivity index (χ2n) is 8.29. The molecule has 0 atom stereocenters. The summed E-state index contributed by atoms with van der Waals surface area (Å²) in [5.74, 6) is 1.90. The van der Waals surface area contributed by atoms with Crippen molar-refractivity contribution in [2.24, 2.45) is 0 Å². The number of rotatable bonds is 3. The summed E-state index contributed by atoms with van der Waals surface area (Å²) in [6, 6.07) is 34.9. The van der Waals surface area contributed by atoms with Crippen molar-refractivity contribution in [1.82, 2.24) is 24.5 Å². The first kappa shape index (κ1) is 18.8. The molecule has 3 heterocycles. The van der Waals surface area contributed by atoms with E-state index in [2.05, 4.69) is 47.4 Å². The number of para-hydroxylation sites is 1. The van der Waals surface area contributed by atoms with Crippen molar-refractivity contribution >= 4 is 32.7 Å². The normalized spacial score (nSPS) is 11.5. The number of hydrogen-bond acceptors (Lipinski definition) is 3. The number of H-pyrrole nitrogens is 1. The second-order valence-corrected chi connectivity index (χ2v) is 8.29. The van der Waals surface area contributed by atoms with E-state index in [1.54, 1.807) is 0 Å². The molecule has 0 radical (unpaired) electrons. The van der Waals surface area contributed by atoms with E-state index in [0.717, 1.165) is 33.1 Å². The number of nitrogens with zero attached hydrogens (tertiary/aromatic N) is 4. The molecular formula is C29H19N5. The highest BCUT2D eigenvalue weighted by molar-refractivity contribution is 6.16. The number of aromatic amines is 1. The molecular weight excluding hydrogens is 418 g/mol. The zero-order valence-electron chi connectivity index (χ0n) is 18.2. The Kier molecular flexibility index (Phi) is 4.08. The SMILES string of the molecule is c1ccc(-c2nc(-c3ccccc3)nc(-n3ccc4c5[nH]c6ccccc6c5ccc43)n2)cc1. The molecule has 0 saturated heterocycles. The molecule has 7 rings (SSSR count). The van der Waals surface area contributed by atoms with Gasteiger partial charge in [-0.05, 0) is 18.2 Å². The Morgan fingerprint density at radius 2 is 1.18 bits per heavy atom. The molecule has 160 valence electrons. The molecule has 0 saturated carbocycles. The van der Waals surface area contributed by atoms with Crippen LogP contribution in [-0.2, 0) is 0 Å². The quantitative estimate of drug-likeness (QED) is 0.331. The topological polar surface area (TPSA) is 59.4 Å². The third-order valence-corrected chi connectivity index (χ3v) is 6.25. The predicted octanol–water partition coefficient (Wildman–Crippen LogP) is 6.78. The highest BCUT2D eigenvalue weighted by Gasteiger charge is 2.15. The first-order valence-electron chi connectivity index (χ1n) is 11.2. The van der Waals surface area contributed by atoms with E-state index in [-0.39, 0.29) is 0 Å². The van der Waals surface area contributed by atoms with Crippen LogP contribution in [0.5, 0.6) is 0 Å². The van der Waals surface area contributed by atoms with Crippen LogP contribution in [0, 0.1) is 0 Å². The van der Waals surface area contributed by atoms with Gasteiger partial charge in [-0.1, -0.05) is 84.9 Å². The van der Waals surface area contributed by atoms with Crippen molar-refractivity contribution in [2.75, 3.05) is 0 Å². The van der Waals surface area contributed by atoms with Gasteiger partial charge in [-0.3, -0.25) is 4.57 Å². The smallest absolute Gasteiger partial charge is 0.238 e. The van der Waals surface area contributed by atoms with E-state index >= 15 is 0 Å². The second kappa shape index (κ2) is 7.39. The van der Waals surface area contributed by atoms with Gasteiger partial charge in [-0.15, -0.1) is 0 Å². The van der Waals surface area contributed by atoms with Gasteiger partial charge < -0.3 is 4.98 Å². The zero-order valence-corrected chi connectivity index (χ0v) is 18.2. The van der Waals surface area contributed by atoms with E-state index in [0.29, 0.717) is 17.6 Å². The Bertz CT molecular complexity index is 1740. The Labute approximate surface area is 195 Å². The molecule has 1 N–H and O–H groups in total. The van der Waals surface area contributed by atoms with Gasteiger partial charge in [0.1, 0.15) is 0 Å². The Balaban J connectivity index is 1.48. The molecule has 0 bridgehead atoms. The van der Waals surface area contributed by atoms with E-state index in [9.17, 15) is 0 Å². The molecule has 0 aliphatic rings. The van der Waals surface area contributed by atoms with Crippen molar-refractivity contribution < 1.29 is 0 Å².